The molecule has 5 heteroatoms. The van der Waals surface area contributed by atoms with Gasteiger partial charge in [0.25, 0.3) is 0 Å². The van der Waals surface area contributed by atoms with Crippen molar-refractivity contribution in [1.82, 2.24) is 15.1 Å². The van der Waals surface area contributed by atoms with Gasteiger partial charge in [-0.3, -0.25) is 9.69 Å². The first kappa shape index (κ1) is 19.7. The lowest BCUT2D eigenvalue weighted by atomic mass is 10.2. The summed E-state index contributed by atoms with van der Waals surface area (Å²) in [7, 11) is 0. The van der Waals surface area contributed by atoms with Crippen molar-refractivity contribution < 1.29 is 9.53 Å². The van der Waals surface area contributed by atoms with Crippen LogP contribution in [0.25, 0.3) is 0 Å². The third kappa shape index (κ3) is 7.45. The summed E-state index contributed by atoms with van der Waals surface area (Å²) >= 11 is 0. The smallest absolute Gasteiger partial charge is 0.234 e. The SMILES string of the molecule is CCCOc1cccc(CNC(=O)CN2CCN(CC(C)C)CC2)c1. The minimum atomic E-state index is 0.0946. The summed E-state index contributed by atoms with van der Waals surface area (Å²) < 4.78 is 5.64. The Balaban J connectivity index is 1.69. The van der Waals surface area contributed by atoms with Crippen molar-refractivity contribution in [1.29, 1.82) is 0 Å². The van der Waals surface area contributed by atoms with E-state index in [1.165, 1.54) is 0 Å². The zero-order chi connectivity index (χ0) is 18.1. The van der Waals surface area contributed by atoms with Gasteiger partial charge >= 0.3 is 0 Å². The van der Waals surface area contributed by atoms with Gasteiger partial charge in [-0.25, -0.2) is 0 Å². The molecule has 2 rings (SSSR count). The molecule has 0 radical (unpaired) electrons. The van der Waals surface area contributed by atoms with Crippen molar-refractivity contribution >= 4 is 5.91 Å². The summed E-state index contributed by atoms with van der Waals surface area (Å²) in [5.41, 5.74) is 1.07. The van der Waals surface area contributed by atoms with Crippen LogP contribution in [0.3, 0.4) is 0 Å². The zero-order valence-electron chi connectivity index (χ0n) is 16.0. The van der Waals surface area contributed by atoms with Crippen LogP contribution in [0.1, 0.15) is 32.8 Å². The number of nitrogens with zero attached hydrogens (tertiary/aromatic N) is 2. The van der Waals surface area contributed by atoms with E-state index in [2.05, 4.69) is 35.9 Å². The molecule has 1 amide bonds. The number of amides is 1. The van der Waals surface area contributed by atoms with E-state index in [0.717, 1.165) is 57.1 Å². The number of hydrogen-bond donors (Lipinski definition) is 1. The van der Waals surface area contributed by atoms with Crippen LogP contribution in [0.5, 0.6) is 5.75 Å². The molecule has 1 saturated heterocycles. The van der Waals surface area contributed by atoms with Gasteiger partial charge in [-0.1, -0.05) is 32.9 Å². The lowest BCUT2D eigenvalue weighted by Gasteiger charge is -2.35. The Labute approximate surface area is 152 Å². The van der Waals surface area contributed by atoms with Gasteiger partial charge in [0.1, 0.15) is 5.75 Å². The molecule has 0 aromatic heterocycles. The molecule has 0 saturated carbocycles. The topological polar surface area (TPSA) is 44.8 Å². The fourth-order valence-corrected chi connectivity index (χ4v) is 3.07. The highest BCUT2D eigenvalue weighted by Gasteiger charge is 2.19. The minimum Gasteiger partial charge on any atom is -0.494 e. The number of piperazine rings is 1. The van der Waals surface area contributed by atoms with Crippen LogP contribution in [0, 0.1) is 5.92 Å². The van der Waals surface area contributed by atoms with Gasteiger partial charge in [-0.2, -0.15) is 0 Å². The lowest BCUT2D eigenvalue weighted by molar-refractivity contribution is -0.122. The maximum absolute atomic E-state index is 12.2. The minimum absolute atomic E-state index is 0.0946. The standard InChI is InChI=1S/C20H33N3O2/c1-4-12-25-19-7-5-6-18(13-19)14-21-20(24)16-23-10-8-22(9-11-23)15-17(2)3/h5-7,13,17H,4,8-12,14-16H2,1-3H3,(H,21,24). The Morgan fingerprint density at radius 1 is 1.20 bits per heavy atom. The fourth-order valence-electron chi connectivity index (χ4n) is 3.07. The molecule has 0 spiro atoms. The average Bonchev–Trinajstić information content (AvgIpc) is 2.60. The number of benzene rings is 1. The zero-order valence-corrected chi connectivity index (χ0v) is 16.0. The van der Waals surface area contributed by atoms with E-state index < -0.39 is 0 Å². The Morgan fingerprint density at radius 3 is 2.60 bits per heavy atom. The van der Waals surface area contributed by atoms with Crippen LogP contribution >= 0.6 is 0 Å². The summed E-state index contributed by atoms with van der Waals surface area (Å²) in [6.07, 6.45) is 0.991. The molecule has 1 aliphatic rings. The van der Waals surface area contributed by atoms with Gasteiger partial charge in [-0.15, -0.1) is 0 Å². The van der Waals surface area contributed by atoms with Gasteiger partial charge < -0.3 is 15.0 Å². The number of carbonyl (C=O) groups is 1. The van der Waals surface area contributed by atoms with Crippen molar-refractivity contribution in [2.45, 2.75) is 33.7 Å². The average molecular weight is 348 g/mol. The van der Waals surface area contributed by atoms with Crippen molar-refractivity contribution in [3.8, 4) is 5.75 Å². The van der Waals surface area contributed by atoms with Gasteiger partial charge in [0, 0.05) is 39.3 Å². The predicted octanol–water partition coefficient (Wildman–Crippen LogP) is 2.37. The monoisotopic (exact) mass is 347 g/mol. The molecule has 1 heterocycles. The van der Waals surface area contributed by atoms with Crippen molar-refractivity contribution in [3.05, 3.63) is 29.8 Å². The largest absolute Gasteiger partial charge is 0.494 e. The van der Waals surface area contributed by atoms with E-state index in [1.807, 2.05) is 24.3 Å². The second-order valence-corrected chi connectivity index (χ2v) is 7.24. The number of carbonyl (C=O) groups excluding carboxylic acids is 1. The summed E-state index contributed by atoms with van der Waals surface area (Å²) in [6, 6.07) is 7.95. The van der Waals surface area contributed by atoms with Crippen molar-refractivity contribution in [2.75, 3.05) is 45.9 Å². The van der Waals surface area contributed by atoms with Crippen molar-refractivity contribution in [2.24, 2.45) is 5.92 Å². The lowest BCUT2D eigenvalue weighted by Crippen LogP contribution is -2.50. The molecule has 1 N–H and O–H groups in total. The molecular weight excluding hydrogens is 314 g/mol. The quantitative estimate of drug-likeness (QED) is 0.745. The van der Waals surface area contributed by atoms with Crippen LogP contribution in [-0.2, 0) is 11.3 Å². The maximum Gasteiger partial charge on any atom is 0.234 e. The molecule has 0 aliphatic carbocycles. The summed E-state index contributed by atoms with van der Waals surface area (Å²) in [5.74, 6) is 1.67. The number of nitrogens with one attached hydrogen (secondary N) is 1. The highest BCUT2D eigenvalue weighted by molar-refractivity contribution is 5.78. The van der Waals surface area contributed by atoms with Gasteiger partial charge in [-0.05, 0) is 30.0 Å². The Bertz CT molecular complexity index is 525. The molecule has 25 heavy (non-hydrogen) atoms. The molecule has 1 aromatic rings. The van der Waals surface area contributed by atoms with E-state index in [9.17, 15) is 4.79 Å². The predicted molar refractivity (Wildman–Crippen MR) is 102 cm³/mol. The van der Waals surface area contributed by atoms with Crippen LogP contribution in [0.2, 0.25) is 0 Å². The molecule has 1 fully saturated rings. The fraction of sp³-hybridized carbons (Fsp3) is 0.650. The van der Waals surface area contributed by atoms with Gasteiger partial charge in [0.05, 0.1) is 13.2 Å². The Kier molecular flexibility index (Phi) is 8.22. The highest BCUT2D eigenvalue weighted by Crippen LogP contribution is 2.13. The summed E-state index contributed by atoms with van der Waals surface area (Å²) in [4.78, 5) is 16.9. The Morgan fingerprint density at radius 2 is 1.92 bits per heavy atom. The molecular formula is C20H33N3O2. The van der Waals surface area contributed by atoms with E-state index in [0.29, 0.717) is 19.0 Å². The van der Waals surface area contributed by atoms with Gasteiger partial charge in [0.15, 0.2) is 0 Å². The van der Waals surface area contributed by atoms with Crippen molar-refractivity contribution in [3.63, 3.8) is 0 Å². The molecule has 0 atom stereocenters. The second kappa shape index (κ2) is 10.4. The van der Waals surface area contributed by atoms with E-state index in [1.54, 1.807) is 0 Å². The van der Waals surface area contributed by atoms with E-state index in [-0.39, 0.29) is 5.91 Å². The van der Waals surface area contributed by atoms with Crippen LogP contribution in [0.15, 0.2) is 24.3 Å². The van der Waals surface area contributed by atoms with Gasteiger partial charge in [0.2, 0.25) is 5.91 Å². The Hall–Kier alpha value is -1.59. The molecule has 1 aliphatic heterocycles. The van der Waals surface area contributed by atoms with Crippen LogP contribution in [0.4, 0.5) is 0 Å². The maximum atomic E-state index is 12.2. The summed E-state index contributed by atoms with van der Waals surface area (Å²) in [6.45, 7) is 13.6. The second-order valence-electron chi connectivity index (χ2n) is 7.24. The highest BCUT2D eigenvalue weighted by atomic mass is 16.5. The molecule has 5 nitrogen and oxygen atoms in total. The normalized spacial score (nSPS) is 16.2. The molecule has 0 bridgehead atoms. The first-order valence-corrected chi connectivity index (χ1v) is 9.50. The first-order chi connectivity index (χ1) is 12.1. The first-order valence-electron chi connectivity index (χ1n) is 9.50. The molecule has 1 aromatic carbocycles. The van der Waals surface area contributed by atoms with Crippen LogP contribution in [-0.4, -0.2) is 61.6 Å². The summed E-state index contributed by atoms with van der Waals surface area (Å²) in [5, 5.41) is 3.02. The number of ether oxygens (including phenoxy) is 1. The third-order valence-electron chi connectivity index (χ3n) is 4.32. The number of hydrogen-bond acceptors (Lipinski definition) is 4. The third-order valence-corrected chi connectivity index (χ3v) is 4.32. The molecule has 140 valence electrons. The van der Waals surface area contributed by atoms with E-state index in [4.69, 9.17) is 4.74 Å². The molecule has 0 unspecified atom stereocenters. The van der Waals surface area contributed by atoms with Crippen LogP contribution < -0.4 is 10.1 Å². The number of rotatable bonds is 9. The van der Waals surface area contributed by atoms with E-state index >= 15 is 0 Å².